The third kappa shape index (κ3) is 3.47. The molecule has 0 spiro atoms. The van der Waals surface area contributed by atoms with Crippen LogP contribution in [0, 0.1) is 0 Å². The number of fused-ring (bicyclic) bond motifs is 1. The summed E-state index contributed by atoms with van der Waals surface area (Å²) in [6.45, 7) is 4.63. The molecule has 1 N–H and O–H groups in total. The Morgan fingerprint density at radius 2 is 1.93 bits per heavy atom. The maximum Gasteiger partial charge on any atom is 0.315 e. The zero-order valence-corrected chi connectivity index (χ0v) is 19.3. The fourth-order valence-corrected chi connectivity index (χ4v) is 5.51. The van der Waals surface area contributed by atoms with Crippen LogP contribution in [0.5, 0.6) is 5.75 Å². The molecule has 6 nitrogen and oxygen atoms in total. The third-order valence-corrected chi connectivity index (χ3v) is 7.36. The number of halogens is 1. The number of amides is 1. The summed E-state index contributed by atoms with van der Waals surface area (Å²) in [4.78, 5) is 31.1. The van der Waals surface area contributed by atoms with Crippen LogP contribution in [-0.4, -0.2) is 38.6 Å². The number of carbonyl (C=O) groups is 1. The van der Waals surface area contributed by atoms with Crippen molar-refractivity contribution in [1.82, 2.24) is 14.5 Å². The number of hydrogen-bond acceptors (Lipinski definition) is 4. The van der Waals surface area contributed by atoms with Crippen LogP contribution < -0.4 is 5.56 Å². The second kappa shape index (κ2) is 7.84. The summed E-state index contributed by atoms with van der Waals surface area (Å²) in [7, 11) is 1.70. The van der Waals surface area contributed by atoms with Crippen LogP contribution >= 0.6 is 15.9 Å². The Labute approximate surface area is 185 Å². The summed E-state index contributed by atoms with van der Waals surface area (Å²) in [5, 5.41) is 10.3. The van der Waals surface area contributed by atoms with Gasteiger partial charge in [-0.2, -0.15) is 4.98 Å². The number of aromatic nitrogens is 2. The molecule has 1 aromatic carbocycles. The largest absolute Gasteiger partial charge is 0.501 e. The number of aryl methyl sites for hydroxylation is 1. The molecule has 0 radical (unpaired) electrons. The highest BCUT2D eigenvalue weighted by Crippen LogP contribution is 2.44. The standard InChI is InChI=1S/C23H28BrN3O3/c1-4-15-9-16(11-17(24)10-15)23(7-5-6-8-23)12-18-25-21(29)20(28)19-22(30)26(3)14(2)13-27(18)19/h9-11,14,28H,4-8,12-13H2,1-3H3/t14-/m0/s1. The van der Waals surface area contributed by atoms with Crippen LogP contribution in [0.1, 0.15) is 67.0 Å². The van der Waals surface area contributed by atoms with Gasteiger partial charge in [-0.3, -0.25) is 9.59 Å². The van der Waals surface area contributed by atoms with Crippen molar-refractivity contribution in [1.29, 1.82) is 0 Å². The molecule has 2 aliphatic rings. The van der Waals surface area contributed by atoms with Gasteiger partial charge in [0.2, 0.25) is 5.75 Å². The zero-order valence-electron chi connectivity index (χ0n) is 17.7. The molecule has 1 aliphatic heterocycles. The topological polar surface area (TPSA) is 75.4 Å². The average Bonchev–Trinajstić information content (AvgIpc) is 3.19. The van der Waals surface area contributed by atoms with Crippen LogP contribution in [0.3, 0.4) is 0 Å². The Kier molecular flexibility index (Phi) is 5.51. The molecule has 1 amide bonds. The monoisotopic (exact) mass is 473 g/mol. The average molecular weight is 474 g/mol. The Morgan fingerprint density at radius 3 is 2.60 bits per heavy atom. The minimum absolute atomic E-state index is 0.0375. The lowest BCUT2D eigenvalue weighted by Gasteiger charge is -2.36. The second-order valence-corrected chi connectivity index (χ2v) is 9.69. The minimum atomic E-state index is -0.718. The van der Waals surface area contributed by atoms with Crippen LogP contribution in [-0.2, 0) is 24.8 Å². The van der Waals surface area contributed by atoms with Gasteiger partial charge in [0, 0.05) is 35.9 Å². The normalized spacial score (nSPS) is 20.5. The first-order valence-corrected chi connectivity index (χ1v) is 11.4. The molecule has 1 saturated carbocycles. The van der Waals surface area contributed by atoms with Crippen molar-refractivity contribution in [2.24, 2.45) is 0 Å². The quantitative estimate of drug-likeness (QED) is 0.732. The minimum Gasteiger partial charge on any atom is -0.501 e. The Morgan fingerprint density at radius 1 is 1.23 bits per heavy atom. The molecule has 0 bridgehead atoms. The van der Waals surface area contributed by atoms with E-state index in [9.17, 15) is 14.7 Å². The fourth-order valence-electron chi connectivity index (χ4n) is 4.97. The van der Waals surface area contributed by atoms with Gasteiger partial charge in [0.05, 0.1) is 0 Å². The van der Waals surface area contributed by atoms with E-state index in [0.29, 0.717) is 18.8 Å². The Balaban J connectivity index is 1.85. The molecular formula is C23H28BrN3O3. The third-order valence-electron chi connectivity index (χ3n) is 6.91. The molecule has 160 valence electrons. The van der Waals surface area contributed by atoms with Crippen LogP contribution in [0.25, 0.3) is 0 Å². The lowest BCUT2D eigenvalue weighted by Crippen LogP contribution is -2.47. The van der Waals surface area contributed by atoms with Crippen molar-refractivity contribution in [3.8, 4) is 5.75 Å². The lowest BCUT2D eigenvalue weighted by molar-refractivity contribution is 0.0660. The van der Waals surface area contributed by atoms with Crippen molar-refractivity contribution < 1.29 is 9.90 Å². The van der Waals surface area contributed by atoms with Crippen molar-refractivity contribution in [3.05, 3.63) is 55.7 Å². The van der Waals surface area contributed by atoms with E-state index in [1.165, 1.54) is 11.1 Å². The van der Waals surface area contributed by atoms with Crippen LogP contribution in [0.4, 0.5) is 0 Å². The summed E-state index contributed by atoms with van der Waals surface area (Å²) in [6, 6.07) is 6.56. The SMILES string of the molecule is CCc1cc(Br)cc(C2(Cc3nc(=O)c(O)c4n3C[C@H](C)N(C)C4=O)CCCC2)c1. The van der Waals surface area contributed by atoms with E-state index in [1.807, 2.05) is 6.92 Å². The van der Waals surface area contributed by atoms with Gasteiger partial charge < -0.3 is 14.6 Å². The van der Waals surface area contributed by atoms with Crippen molar-refractivity contribution in [3.63, 3.8) is 0 Å². The first kappa shape index (κ1) is 21.1. The van der Waals surface area contributed by atoms with Crippen molar-refractivity contribution in [2.75, 3.05) is 7.05 Å². The van der Waals surface area contributed by atoms with E-state index < -0.39 is 11.3 Å². The summed E-state index contributed by atoms with van der Waals surface area (Å²) in [6.07, 6.45) is 5.82. The Bertz CT molecular complexity index is 1060. The van der Waals surface area contributed by atoms with E-state index in [-0.39, 0.29) is 23.1 Å². The zero-order chi connectivity index (χ0) is 21.6. The van der Waals surface area contributed by atoms with Gasteiger partial charge in [0.15, 0.2) is 5.69 Å². The van der Waals surface area contributed by atoms with E-state index in [1.54, 1.807) is 16.5 Å². The maximum absolute atomic E-state index is 12.8. The number of nitrogens with zero attached hydrogens (tertiary/aromatic N) is 3. The molecule has 1 aliphatic carbocycles. The lowest BCUT2D eigenvalue weighted by atomic mass is 9.75. The number of carbonyl (C=O) groups excluding carboxylic acids is 1. The number of rotatable bonds is 4. The van der Waals surface area contributed by atoms with Gasteiger partial charge in [-0.05, 0) is 49.4 Å². The summed E-state index contributed by atoms with van der Waals surface area (Å²) < 4.78 is 2.84. The van der Waals surface area contributed by atoms with Crippen molar-refractivity contribution in [2.45, 2.75) is 70.4 Å². The first-order chi connectivity index (χ1) is 14.3. The maximum atomic E-state index is 12.8. The number of likely N-dealkylation sites (N-methyl/N-ethyl adjacent to an activating group) is 1. The molecule has 0 saturated heterocycles. The molecule has 2 heterocycles. The molecule has 1 fully saturated rings. The molecule has 1 atom stereocenters. The highest BCUT2D eigenvalue weighted by Gasteiger charge is 2.40. The fraction of sp³-hybridized carbons (Fsp3) is 0.522. The van der Waals surface area contributed by atoms with Gasteiger partial charge in [-0.25, -0.2) is 0 Å². The first-order valence-electron chi connectivity index (χ1n) is 10.7. The molecule has 7 heteroatoms. The van der Waals surface area contributed by atoms with Gasteiger partial charge in [0.25, 0.3) is 5.91 Å². The molecule has 4 rings (SSSR count). The molecule has 2 aromatic rings. The van der Waals surface area contributed by atoms with Crippen LogP contribution in [0.2, 0.25) is 0 Å². The smallest absolute Gasteiger partial charge is 0.315 e. The van der Waals surface area contributed by atoms with E-state index in [0.717, 1.165) is 36.6 Å². The highest BCUT2D eigenvalue weighted by atomic mass is 79.9. The molecular weight excluding hydrogens is 446 g/mol. The van der Waals surface area contributed by atoms with Crippen molar-refractivity contribution >= 4 is 21.8 Å². The molecule has 0 unspecified atom stereocenters. The van der Waals surface area contributed by atoms with Crippen LogP contribution in [0.15, 0.2) is 27.5 Å². The predicted molar refractivity (Wildman–Crippen MR) is 119 cm³/mol. The summed E-state index contributed by atoms with van der Waals surface area (Å²) >= 11 is 3.66. The summed E-state index contributed by atoms with van der Waals surface area (Å²) in [5.41, 5.74) is 1.76. The number of benzene rings is 1. The van der Waals surface area contributed by atoms with Gasteiger partial charge in [-0.15, -0.1) is 0 Å². The van der Waals surface area contributed by atoms with Gasteiger partial charge in [-0.1, -0.05) is 41.8 Å². The molecule has 1 aromatic heterocycles. The van der Waals surface area contributed by atoms with Gasteiger partial charge >= 0.3 is 5.56 Å². The second-order valence-electron chi connectivity index (χ2n) is 8.77. The summed E-state index contributed by atoms with van der Waals surface area (Å²) in [5.74, 6) is -0.275. The van der Waals surface area contributed by atoms with E-state index in [4.69, 9.17) is 0 Å². The van der Waals surface area contributed by atoms with Gasteiger partial charge in [0.1, 0.15) is 5.82 Å². The molecule has 30 heavy (non-hydrogen) atoms. The highest BCUT2D eigenvalue weighted by molar-refractivity contribution is 9.10. The number of hydrogen-bond donors (Lipinski definition) is 1. The number of aromatic hydroxyl groups is 1. The Hall–Kier alpha value is -2.15. The predicted octanol–water partition coefficient (Wildman–Crippen LogP) is 3.80. The van der Waals surface area contributed by atoms with E-state index >= 15 is 0 Å². The van der Waals surface area contributed by atoms with E-state index in [2.05, 4.69) is 46.0 Å².